The number of carbonyl (C=O) groups excluding carboxylic acids is 1. The van der Waals surface area contributed by atoms with Gasteiger partial charge in [0.1, 0.15) is 11.7 Å². The topological polar surface area (TPSA) is 82.5 Å². The molecule has 7 heteroatoms. The minimum atomic E-state index is -1.48. The number of nitrogens with zero attached hydrogens (tertiary/aromatic N) is 2. The molecule has 5 fully saturated rings. The number of piperidine rings is 1. The number of amides is 1. The Hall–Kier alpha value is -2.61. The number of phenolic OH excluding ortho intramolecular Hbond substituents is 1. The number of benzene rings is 2. The third-order valence-corrected chi connectivity index (χ3v) is 10.3. The summed E-state index contributed by atoms with van der Waals surface area (Å²) in [5.74, 6) is 1.09. The highest BCUT2D eigenvalue weighted by Crippen LogP contribution is 2.71. The van der Waals surface area contributed by atoms with Crippen LogP contribution in [0.2, 0.25) is 0 Å². The molecule has 3 aliphatic carbocycles. The molecule has 3 saturated heterocycles. The van der Waals surface area contributed by atoms with E-state index in [0.717, 1.165) is 43.1 Å². The average molecular weight is 489 g/mol. The van der Waals surface area contributed by atoms with E-state index >= 15 is 0 Å². The van der Waals surface area contributed by atoms with Gasteiger partial charge in [-0.25, -0.2) is 0 Å². The Kier molecular flexibility index (Phi) is 4.07. The molecule has 0 radical (unpaired) electrons. The Morgan fingerprint density at radius 1 is 1.14 bits per heavy atom. The van der Waals surface area contributed by atoms with Gasteiger partial charge >= 0.3 is 0 Å². The first-order valence-corrected chi connectivity index (χ1v) is 13.4. The number of likely N-dealkylation sites (tertiary alicyclic amines) is 1. The lowest BCUT2D eigenvalue weighted by Gasteiger charge is -2.72. The molecule has 1 amide bonds. The van der Waals surface area contributed by atoms with Crippen molar-refractivity contribution in [2.45, 2.75) is 73.4 Å². The summed E-state index contributed by atoms with van der Waals surface area (Å²) < 4.78 is 13.6. The predicted octanol–water partition coefficient (Wildman–Crippen LogP) is 2.76. The third kappa shape index (κ3) is 2.38. The summed E-state index contributed by atoms with van der Waals surface area (Å²) in [4.78, 5) is 18.2. The molecular weight excluding hydrogens is 456 g/mol. The summed E-state index contributed by atoms with van der Waals surface area (Å²) in [6.07, 6.45) is 3.63. The van der Waals surface area contributed by atoms with Gasteiger partial charge < -0.3 is 24.6 Å². The molecule has 4 bridgehead atoms. The zero-order valence-electron chi connectivity index (χ0n) is 20.5. The number of phenols is 1. The van der Waals surface area contributed by atoms with Crippen LogP contribution in [0.3, 0.4) is 0 Å². The molecule has 7 nitrogen and oxygen atoms in total. The number of fused-ring (bicyclic) bond motifs is 2. The molecule has 2 saturated carbocycles. The fourth-order valence-corrected chi connectivity index (χ4v) is 8.54. The van der Waals surface area contributed by atoms with E-state index < -0.39 is 28.8 Å². The first-order valence-electron chi connectivity index (χ1n) is 13.4. The van der Waals surface area contributed by atoms with E-state index in [1.165, 1.54) is 18.4 Å². The van der Waals surface area contributed by atoms with Gasteiger partial charge in [0.25, 0.3) is 5.91 Å². The number of carbonyl (C=O) groups is 1. The number of likely N-dealkylation sites (N-methyl/N-ethyl adjacent to an activating group) is 1. The second kappa shape index (κ2) is 6.82. The lowest BCUT2D eigenvalue weighted by Crippen LogP contribution is -2.87. The van der Waals surface area contributed by atoms with Crippen molar-refractivity contribution in [1.82, 2.24) is 4.90 Å². The highest BCUT2D eigenvalue weighted by molar-refractivity contribution is 5.97. The molecule has 188 valence electrons. The second-order valence-corrected chi connectivity index (χ2v) is 11.9. The van der Waals surface area contributed by atoms with Crippen molar-refractivity contribution in [2.75, 3.05) is 25.0 Å². The van der Waals surface area contributed by atoms with Crippen LogP contribution in [-0.2, 0) is 21.4 Å². The molecule has 2 aromatic rings. The third-order valence-electron chi connectivity index (χ3n) is 10.3. The number of hydrogen-bond donors (Lipinski definition) is 2. The van der Waals surface area contributed by atoms with Crippen LogP contribution in [0, 0.1) is 5.92 Å². The molecule has 7 aliphatic rings. The van der Waals surface area contributed by atoms with Crippen molar-refractivity contribution in [3.05, 3.63) is 53.6 Å². The SMILES string of the molecule is CN(C(=O)[C@H]1OC23CCC1(O)C1Oc4c(O)ccc5c4C12CCN(CC1CC1)C3C5)c1ccccc1. The van der Waals surface area contributed by atoms with E-state index in [-0.39, 0.29) is 17.7 Å². The van der Waals surface area contributed by atoms with Crippen molar-refractivity contribution in [2.24, 2.45) is 5.92 Å². The summed E-state index contributed by atoms with van der Waals surface area (Å²) >= 11 is 0. The predicted molar refractivity (Wildman–Crippen MR) is 132 cm³/mol. The minimum absolute atomic E-state index is 0.110. The lowest BCUT2D eigenvalue weighted by molar-refractivity contribution is -0.344. The molecule has 2 aromatic carbocycles. The average Bonchev–Trinajstić information content (AvgIpc) is 3.63. The van der Waals surface area contributed by atoms with Crippen LogP contribution in [0.15, 0.2) is 42.5 Å². The van der Waals surface area contributed by atoms with Gasteiger partial charge in [-0.3, -0.25) is 9.69 Å². The van der Waals surface area contributed by atoms with Crippen molar-refractivity contribution >= 4 is 11.6 Å². The summed E-state index contributed by atoms with van der Waals surface area (Å²) in [5.41, 5.74) is 0.289. The molecule has 2 N–H and O–H groups in total. The van der Waals surface area contributed by atoms with Gasteiger partial charge in [0.2, 0.25) is 0 Å². The van der Waals surface area contributed by atoms with Gasteiger partial charge in [0.05, 0.1) is 11.0 Å². The molecular formula is C29H32N2O5. The highest BCUT2D eigenvalue weighted by Gasteiger charge is 2.82. The number of para-hydroxylation sites is 1. The van der Waals surface area contributed by atoms with Crippen LogP contribution < -0.4 is 9.64 Å². The first kappa shape index (κ1) is 21.5. The standard InChI is InChI=1S/C29H32N2O5/c1-30(19-5-3-2-4-6-19)25(33)24-28(34)11-12-29(36-24)21-15-18-9-10-20(32)23-22(18)27(29,26(28)35-23)13-14-31(21)16-17-7-8-17/h2-6,9-10,17,21,24,26,32,34H,7-8,11-16H2,1H3/t21?,24-,26?,27?,28?,29?/m1/s1. The maximum Gasteiger partial charge on any atom is 0.259 e. The fourth-order valence-electron chi connectivity index (χ4n) is 8.54. The zero-order valence-corrected chi connectivity index (χ0v) is 20.5. The molecule has 4 heterocycles. The maximum atomic E-state index is 14.0. The quantitative estimate of drug-likeness (QED) is 0.689. The van der Waals surface area contributed by atoms with Gasteiger partial charge in [0.15, 0.2) is 17.6 Å². The Bertz CT molecular complexity index is 1280. The molecule has 4 aliphatic heterocycles. The van der Waals surface area contributed by atoms with Crippen LogP contribution in [0.25, 0.3) is 0 Å². The smallest absolute Gasteiger partial charge is 0.259 e. The maximum absolute atomic E-state index is 14.0. The van der Waals surface area contributed by atoms with E-state index in [4.69, 9.17) is 9.47 Å². The van der Waals surface area contributed by atoms with E-state index in [2.05, 4.69) is 4.90 Å². The fraction of sp³-hybridized carbons (Fsp3) is 0.552. The van der Waals surface area contributed by atoms with Crippen molar-refractivity contribution in [3.63, 3.8) is 0 Å². The highest BCUT2D eigenvalue weighted by atomic mass is 16.6. The number of hydrogen-bond acceptors (Lipinski definition) is 6. The van der Waals surface area contributed by atoms with Crippen LogP contribution in [0.4, 0.5) is 5.69 Å². The van der Waals surface area contributed by atoms with Gasteiger partial charge in [0, 0.05) is 30.9 Å². The van der Waals surface area contributed by atoms with Gasteiger partial charge in [-0.2, -0.15) is 0 Å². The summed E-state index contributed by atoms with van der Waals surface area (Å²) in [6.45, 7) is 1.98. The monoisotopic (exact) mass is 488 g/mol. The number of aromatic hydroxyl groups is 1. The summed E-state index contributed by atoms with van der Waals surface area (Å²) in [5, 5.41) is 23.2. The van der Waals surface area contributed by atoms with Crippen LogP contribution >= 0.6 is 0 Å². The Balaban J connectivity index is 1.29. The van der Waals surface area contributed by atoms with Crippen molar-refractivity contribution in [1.29, 1.82) is 0 Å². The minimum Gasteiger partial charge on any atom is -0.504 e. The normalized spacial score (nSPS) is 39.4. The van der Waals surface area contributed by atoms with Gasteiger partial charge in [-0.15, -0.1) is 0 Å². The Labute approximate surface area is 210 Å². The molecule has 2 spiro atoms. The number of anilines is 1. The number of ether oxygens (including phenoxy) is 2. The first-order chi connectivity index (χ1) is 17.4. The van der Waals surface area contributed by atoms with E-state index in [0.29, 0.717) is 18.6 Å². The second-order valence-electron chi connectivity index (χ2n) is 11.9. The molecule has 6 atom stereocenters. The van der Waals surface area contributed by atoms with Crippen LogP contribution in [0.5, 0.6) is 11.5 Å². The number of aliphatic hydroxyl groups is 1. The van der Waals surface area contributed by atoms with E-state index in [9.17, 15) is 15.0 Å². The van der Waals surface area contributed by atoms with E-state index in [1.807, 2.05) is 36.4 Å². The number of rotatable bonds is 4. The summed E-state index contributed by atoms with van der Waals surface area (Å²) in [6, 6.07) is 13.4. The van der Waals surface area contributed by atoms with Crippen molar-refractivity contribution < 1.29 is 24.5 Å². The van der Waals surface area contributed by atoms with Crippen LogP contribution in [-0.4, -0.2) is 70.6 Å². The largest absolute Gasteiger partial charge is 0.504 e. The summed E-state index contributed by atoms with van der Waals surface area (Å²) in [7, 11) is 1.75. The molecule has 36 heavy (non-hydrogen) atoms. The van der Waals surface area contributed by atoms with E-state index in [1.54, 1.807) is 18.0 Å². The van der Waals surface area contributed by atoms with Crippen molar-refractivity contribution in [3.8, 4) is 11.5 Å². The molecule has 0 aromatic heterocycles. The lowest BCUT2D eigenvalue weighted by atomic mass is 9.44. The van der Waals surface area contributed by atoms with Gasteiger partial charge in [-0.1, -0.05) is 24.3 Å². The molecule has 9 rings (SSSR count). The zero-order chi connectivity index (χ0) is 24.4. The Morgan fingerprint density at radius 3 is 2.72 bits per heavy atom. The molecule has 5 unspecified atom stereocenters. The Morgan fingerprint density at radius 2 is 1.94 bits per heavy atom. The van der Waals surface area contributed by atoms with Crippen LogP contribution in [0.1, 0.15) is 43.2 Å². The van der Waals surface area contributed by atoms with Gasteiger partial charge in [-0.05, 0) is 74.8 Å².